The Labute approximate surface area is 119 Å². The summed E-state index contributed by atoms with van der Waals surface area (Å²) in [7, 11) is 0. The van der Waals surface area contributed by atoms with Crippen molar-refractivity contribution in [2.75, 3.05) is 5.32 Å². The van der Waals surface area contributed by atoms with Crippen LogP contribution < -0.4 is 11.1 Å². The molecule has 1 amide bonds. The van der Waals surface area contributed by atoms with Crippen LogP contribution in [0.2, 0.25) is 0 Å². The highest BCUT2D eigenvalue weighted by Gasteiger charge is 2.08. The Morgan fingerprint density at radius 3 is 2.74 bits per heavy atom. The number of nitrogens with two attached hydrogens (primary N) is 1. The third kappa shape index (κ3) is 3.33. The van der Waals surface area contributed by atoms with Gasteiger partial charge in [-0.25, -0.2) is 0 Å². The summed E-state index contributed by atoms with van der Waals surface area (Å²) in [5.74, 6) is -0.250. The Morgan fingerprint density at radius 2 is 2.05 bits per heavy atom. The zero-order valence-electron chi connectivity index (χ0n) is 10.1. The summed E-state index contributed by atoms with van der Waals surface area (Å²) in [5, 5.41) is 12.3. The van der Waals surface area contributed by atoms with Crippen molar-refractivity contribution in [1.29, 1.82) is 0 Å². The standard InChI is InChI=1S/C14H13BrN2O2/c15-12-5-4-10(7-13(12)18)14(19)17-11-3-1-2-9(6-11)8-16/h1-7,18H,8,16H2,(H,17,19). The maximum absolute atomic E-state index is 12.0. The van der Waals surface area contributed by atoms with Gasteiger partial charge in [0.05, 0.1) is 4.47 Å². The van der Waals surface area contributed by atoms with Crippen molar-refractivity contribution in [2.45, 2.75) is 6.54 Å². The largest absolute Gasteiger partial charge is 0.507 e. The first-order valence-electron chi connectivity index (χ1n) is 5.69. The smallest absolute Gasteiger partial charge is 0.255 e. The molecule has 0 aromatic heterocycles. The molecule has 2 aromatic rings. The van der Waals surface area contributed by atoms with Crippen LogP contribution >= 0.6 is 15.9 Å². The summed E-state index contributed by atoms with van der Waals surface area (Å²) in [6.45, 7) is 0.419. The van der Waals surface area contributed by atoms with Crippen LogP contribution in [0, 0.1) is 0 Å². The molecule has 5 heteroatoms. The molecule has 19 heavy (non-hydrogen) atoms. The molecule has 2 rings (SSSR count). The number of rotatable bonds is 3. The molecule has 0 radical (unpaired) electrons. The number of phenolic OH excluding ortho intramolecular Hbond substituents is 1. The molecule has 0 aliphatic rings. The van der Waals surface area contributed by atoms with Crippen molar-refractivity contribution < 1.29 is 9.90 Å². The fraction of sp³-hybridized carbons (Fsp3) is 0.0714. The second-order valence-corrected chi connectivity index (χ2v) is 4.88. The first-order valence-corrected chi connectivity index (χ1v) is 6.48. The second-order valence-electron chi connectivity index (χ2n) is 4.02. The van der Waals surface area contributed by atoms with Gasteiger partial charge in [0.2, 0.25) is 0 Å². The van der Waals surface area contributed by atoms with E-state index in [0.29, 0.717) is 22.3 Å². The molecule has 0 fully saturated rings. The lowest BCUT2D eigenvalue weighted by Gasteiger charge is -2.07. The van der Waals surface area contributed by atoms with Crippen LogP contribution in [0.25, 0.3) is 0 Å². The molecule has 0 unspecified atom stereocenters. The Hall–Kier alpha value is -1.85. The molecule has 0 saturated carbocycles. The first kappa shape index (κ1) is 13.6. The Morgan fingerprint density at radius 1 is 1.26 bits per heavy atom. The Bertz CT molecular complexity index is 614. The van der Waals surface area contributed by atoms with Gasteiger partial charge in [-0.1, -0.05) is 12.1 Å². The normalized spacial score (nSPS) is 10.2. The minimum Gasteiger partial charge on any atom is -0.507 e. The average Bonchev–Trinajstić information content (AvgIpc) is 2.42. The minimum atomic E-state index is -0.281. The topological polar surface area (TPSA) is 75.3 Å². The summed E-state index contributed by atoms with van der Waals surface area (Å²) in [6, 6.07) is 12.0. The summed E-state index contributed by atoms with van der Waals surface area (Å²) < 4.78 is 0.550. The lowest BCUT2D eigenvalue weighted by atomic mass is 10.1. The molecule has 0 bridgehead atoms. The summed E-state index contributed by atoms with van der Waals surface area (Å²) in [5.41, 5.74) is 7.55. The maximum Gasteiger partial charge on any atom is 0.255 e. The number of nitrogens with one attached hydrogen (secondary N) is 1. The van der Waals surface area contributed by atoms with Gasteiger partial charge in [0.25, 0.3) is 5.91 Å². The molecular formula is C14H13BrN2O2. The summed E-state index contributed by atoms with van der Waals surface area (Å²) in [6.07, 6.45) is 0. The van der Waals surface area contributed by atoms with Crippen molar-refractivity contribution in [3.8, 4) is 5.75 Å². The number of phenols is 1. The van der Waals surface area contributed by atoms with Gasteiger partial charge >= 0.3 is 0 Å². The van der Waals surface area contributed by atoms with E-state index in [0.717, 1.165) is 5.56 Å². The fourth-order valence-corrected chi connectivity index (χ4v) is 1.88. The van der Waals surface area contributed by atoms with Gasteiger partial charge in [0, 0.05) is 17.8 Å². The number of carbonyl (C=O) groups is 1. The van der Waals surface area contributed by atoms with E-state index in [2.05, 4.69) is 21.2 Å². The molecule has 2 aromatic carbocycles. The van der Waals surface area contributed by atoms with Crippen LogP contribution in [0.4, 0.5) is 5.69 Å². The van der Waals surface area contributed by atoms with Gasteiger partial charge < -0.3 is 16.2 Å². The molecular weight excluding hydrogens is 308 g/mol. The number of hydrogen-bond donors (Lipinski definition) is 3. The Kier molecular flexibility index (Phi) is 4.19. The van der Waals surface area contributed by atoms with E-state index >= 15 is 0 Å². The van der Waals surface area contributed by atoms with E-state index in [1.807, 2.05) is 18.2 Å². The third-order valence-electron chi connectivity index (χ3n) is 2.63. The van der Waals surface area contributed by atoms with Crippen molar-refractivity contribution in [3.05, 3.63) is 58.1 Å². The molecule has 4 N–H and O–H groups in total. The van der Waals surface area contributed by atoms with Gasteiger partial charge in [0.1, 0.15) is 5.75 Å². The van der Waals surface area contributed by atoms with E-state index in [1.165, 1.54) is 6.07 Å². The quantitative estimate of drug-likeness (QED) is 0.814. The molecule has 98 valence electrons. The summed E-state index contributed by atoms with van der Waals surface area (Å²) in [4.78, 5) is 12.0. The number of halogens is 1. The van der Waals surface area contributed by atoms with Gasteiger partial charge in [-0.15, -0.1) is 0 Å². The van der Waals surface area contributed by atoms with Crippen molar-refractivity contribution in [2.24, 2.45) is 5.73 Å². The number of anilines is 1. The van der Waals surface area contributed by atoms with Crippen LogP contribution in [0.5, 0.6) is 5.75 Å². The van der Waals surface area contributed by atoms with Crippen LogP contribution in [-0.4, -0.2) is 11.0 Å². The van der Waals surface area contributed by atoms with Crippen LogP contribution in [0.1, 0.15) is 15.9 Å². The highest BCUT2D eigenvalue weighted by molar-refractivity contribution is 9.10. The molecule has 0 atom stereocenters. The van der Waals surface area contributed by atoms with Crippen LogP contribution in [0.3, 0.4) is 0 Å². The van der Waals surface area contributed by atoms with Crippen molar-refractivity contribution >= 4 is 27.5 Å². The van der Waals surface area contributed by atoms with Gasteiger partial charge in [-0.3, -0.25) is 4.79 Å². The van der Waals surface area contributed by atoms with E-state index in [9.17, 15) is 9.90 Å². The van der Waals surface area contributed by atoms with E-state index < -0.39 is 0 Å². The molecule has 4 nitrogen and oxygen atoms in total. The van der Waals surface area contributed by atoms with Crippen LogP contribution in [-0.2, 0) is 6.54 Å². The second kappa shape index (κ2) is 5.86. The zero-order valence-corrected chi connectivity index (χ0v) is 11.6. The van der Waals surface area contributed by atoms with Crippen LogP contribution in [0.15, 0.2) is 46.9 Å². The van der Waals surface area contributed by atoms with E-state index in [-0.39, 0.29) is 11.7 Å². The number of carbonyl (C=O) groups excluding carboxylic acids is 1. The first-order chi connectivity index (χ1) is 9.10. The van der Waals surface area contributed by atoms with Gasteiger partial charge in [-0.05, 0) is 51.8 Å². The maximum atomic E-state index is 12.0. The lowest BCUT2D eigenvalue weighted by Crippen LogP contribution is -2.12. The van der Waals surface area contributed by atoms with E-state index in [4.69, 9.17) is 5.73 Å². The predicted molar refractivity (Wildman–Crippen MR) is 78.1 cm³/mol. The SMILES string of the molecule is NCc1cccc(NC(=O)c2ccc(Br)c(O)c2)c1. The fourth-order valence-electron chi connectivity index (χ4n) is 1.63. The molecule has 0 saturated heterocycles. The highest BCUT2D eigenvalue weighted by Crippen LogP contribution is 2.24. The number of hydrogen-bond acceptors (Lipinski definition) is 3. The number of amides is 1. The predicted octanol–water partition coefficient (Wildman–Crippen LogP) is 2.87. The Balaban J connectivity index is 2.18. The molecule has 0 aliphatic carbocycles. The lowest BCUT2D eigenvalue weighted by molar-refractivity contribution is 0.102. The van der Waals surface area contributed by atoms with Gasteiger partial charge in [0.15, 0.2) is 0 Å². The molecule has 0 spiro atoms. The van der Waals surface area contributed by atoms with E-state index in [1.54, 1.807) is 18.2 Å². The number of aromatic hydroxyl groups is 1. The highest BCUT2D eigenvalue weighted by atomic mass is 79.9. The number of benzene rings is 2. The zero-order chi connectivity index (χ0) is 13.8. The molecule has 0 heterocycles. The van der Waals surface area contributed by atoms with Gasteiger partial charge in [-0.2, -0.15) is 0 Å². The minimum absolute atomic E-state index is 0.0309. The van der Waals surface area contributed by atoms with Crippen molar-refractivity contribution in [1.82, 2.24) is 0 Å². The summed E-state index contributed by atoms with van der Waals surface area (Å²) >= 11 is 3.17. The molecule has 0 aliphatic heterocycles. The average molecular weight is 321 g/mol. The monoisotopic (exact) mass is 320 g/mol. The van der Waals surface area contributed by atoms with Crippen molar-refractivity contribution in [3.63, 3.8) is 0 Å². The third-order valence-corrected chi connectivity index (χ3v) is 3.30.